The highest BCUT2D eigenvalue weighted by atomic mass is 79.9. The van der Waals surface area contributed by atoms with E-state index in [-0.39, 0.29) is 36.2 Å². The maximum Gasteiger partial charge on any atom is 0.243 e. The van der Waals surface area contributed by atoms with Gasteiger partial charge in [-0.1, -0.05) is 40.2 Å². The highest BCUT2D eigenvalue weighted by Gasteiger charge is 2.36. The smallest absolute Gasteiger partial charge is 0.243 e. The van der Waals surface area contributed by atoms with E-state index in [1.807, 2.05) is 18.2 Å². The van der Waals surface area contributed by atoms with Crippen LogP contribution in [0.2, 0.25) is 0 Å². The Bertz CT molecular complexity index is 1060. The van der Waals surface area contributed by atoms with E-state index in [1.165, 1.54) is 4.31 Å². The van der Waals surface area contributed by atoms with Gasteiger partial charge in [0.1, 0.15) is 0 Å². The highest BCUT2D eigenvalue weighted by Crippen LogP contribution is 2.33. The zero-order valence-electron chi connectivity index (χ0n) is 15.5. The number of hydrogen-bond acceptors (Lipinski definition) is 4. The van der Waals surface area contributed by atoms with Gasteiger partial charge in [-0.3, -0.25) is 9.59 Å². The predicted octanol–water partition coefficient (Wildman–Crippen LogP) is 2.41. The number of nitrogens with zero attached hydrogens (tertiary/aromatic N) is 2. The Morgan fingerprint density at radius 3 is 2.48 bits per heavy atom. The molecule has 0 aliphatic carbocycles. The topological polar surface area (TPSA) is 86.8 Å². The highest BCUT2D eigenvalue weighted by molar-refractivity contribution is 9.10. The third-order valence-corrected chi connectivity index (χ3v) is 7.67. The summed E-state index contributed by atoms with van der Waals surface area (Å²) in [6.45, 7) is 1.04. The minimum absolute atomic E-state index is 0.104. The van der Waals surface area contributed by atoms with Crippen LogP contribution in [0, 0.1) is 0 Å². The number of rotatable bonds is 3. The van der Waals surface area contributed by atoms with Crippen LogP contribution >= 0.6 is 15.9 Å². The summed E-state index contributed by atoms with van der Waals surface area (Å²) in [5.41, 5.74) is 1.47. The van der Waals surface area contributed by atoms with Gasteiger partial charge in [0.15, 0.2) is 0 Å². The van der Waals surface area contributed by atoms with Crippen LogP contribution in [0.4, 0.5) is 5.69 Å². The fourth-order valence-corrected chi connectivity index (χ4v) is 5.80. The van der Waals surface area contributed by atoms with Crippen molar-refractivity contribution in [1.29, 1.82) is 0 Å². The monoisotopic (exact) mass is 477 g/mol. The number of para-hydroxylation sites is 1. The average molecular weight is 478 g/mol. The van der Waals surface area contributed by atoms with E-state index >= 15 is 0 Å². The van der Waals surface area contributed by atoms with Crippen molar-refractivity contribution in [2.24, 2.45) is 0 Å². The molecule has 152 valence electrons. The zero-order chi connectivity index (χ0) is 20.6. The summed E-state index contributed by atoms with van der Waals surface area (Å²) in [4.78, 5) is 27.0. The van der Waals surface area contributed by atoms with Crippen molar-refractivity contribution in [3.8, 4) is 0 Å². The first kappa shape index (κ1) is 20.1. The van der Waals surface area contributed by atoms with Crippen molar-refractivity contribution in [2.75, 3.05) is 31.5 Å². The SMILES string of the molecule is O=C1C[C@@H](C(=O)N2CCN(S(=O)(=O)c3cccc(Br)c3)CC2)c2ccccc2N1. The van der Waals surface area contributed by atoms with Crippen molar-refractivity contribution >= 4 is 43.5 Å². The Hall–Kier alpha value is -2.23. The first-order valence-electron chi connectivity index (χ1n) is 9.29. The standard InChI is InChI=1S/C20H20BrN3O4S/c21-14-4-3-5-15(12-14)29(27,28)24-10-8-23(9-11-24)20(26)17-13-19(25)22-18-7-2-1-6-16(17)18/h1-7,12,17H,8-11,13H2,(H,22,25)/t17-/m1/s1. The van der Waals surface area contributed by atoms with Crippen LogP contribution in [0.15, 0.2) is 57.9 Å². The lowest BCUT2D eigenvalue weighted by Crippen LogP contribution is -2.52. The van der Waals surface area contributed by atoms with E-state index in [9.17, 15) is 18.0 Å². The lowest BCUT2D eigenvalue weighted by atomic mass is 9.89. The summed E-state index contributed by atoms with van der Waals surface area (Å²) in [6.07, 6.45) is 0.104. The predicted molar refractivity (Wildman–Crippen MR) is 112 cm³/mol. The molecule has 1 fully saturated rings. The van der Waals surface area contributed by atoms with Gasteiger partial charge in [-0.15, -0.1) is 0 Å². The minimum Gasteiger partial charge on any atom is -0.340 e. The number of piperazine rings is 1. The number of nitrogens with one attached hydrogen (secondary N) is 1. The van der Waals surface area contributed by atoms with Crippen LogP contribution in [0.3, 0.4) is 0 Å². The molecule has 2 heterocycles. The fraction of sp³-hybridized carbons (Fsp3) is 0.300. The molecule has 4 rings (SSSR count). The van der Waals surface area contributed by atoms with Crippen LogP contribution in [0.5, 0.6) is 0 Å². The number of amides is 2. The molecular formula is C20H20BrN3O4S. The first-order valence-corrected chi connectivity index (χ1v) is 11.5. The molecule has 0 unspecified atom stereocenters. The second-order valence-electron chi connectivity index (χ2n) is 7.08. The summed E-state index contributed by atoms with van der Waals surface area (Å²) in [5, 5.41) is 2.80. The van der Waals surface area contributed by atoms with Crippen molar-refractivity contribution in [3.05, 3.63) is 58.6 Å². The van der Waals surface area contributed by atoms with Crippen LogP contribution < -0.4 is 5.32 Å². The number of halogens is 1. The third-order valence-electron chi connectivity index (χ3n) is 5.28. The summed E-state index contributed by atoms with van der Waals surface area (Å²) >= 11 is 3.30. The Morgan fingerprint density at radius 2 is 1.76 bits per heavy atom. The molecule has 2 aliphatic rings. The molecule has 0 aromatic heterocycles. The molecule has 29 heavy (non-hydrogen) atoms. The molecule has 9 heteroatoms. The number of carbonyl (C=O) groups is 2. The van der Waals surface area contributed by atoms with Gasteiger partial charge in [0.05, 0.1) is 10.8 Å². The fourth-order valence-electron chi connectivity index (χ4n) is 3.78. The quantitative estimate of drug-likeness (QED) is 0.734. The Morgan fingerprint density at radius 1 is 1.03 bits per heavy atom. The minimum atomic E-state index is -3.61. The molecule has 7 nitrogen and oxygen atoms in total. The van der Waals surface area contributed by atoms with Gasteiger partial charge in [0.25, 0.3) is 0 Å². The third kappa shape index (κ3) is 3.94. The van der Waals surface area contributed by atoms with Gasteiger partial charge in [0, 0.05) is 42.8 Å². The molecule has 0 radical (unpaired) electrons. The number of anilines is 1. The number of hydrogen-bond donors (Lipinski definition) is 1. The Labute approximate surface area is 177 Å². The van der Waals surface area contributed by atoms with Crippen LogP contribution in [-0.2, 0) is 19.6 Å². The van der Waals surface area contributed by atoms with Gasteiger partial charge >= 0.3 is 0 Å². The second-order valence-corrected chi connectivity index (χ2v) is 9.93. The van der Waals surface area contributed by atoms with Gasteiger partial charge in [-0.05, 0) is 29.8 Å². The molecule has 2 aliphatic heterocycles. The second kappa shape index (κ2) is 7.89. The number of fused-ring (bicyclic) bond motifs is 1. The van der Waals surface area contributed by atoms with E-state index in [0.717, 1.165) is 5.56 Å². The van der Waals surface area contributed by atoms with Crippen molar-refractivity contribution in [1.82, 2.24) is 9.21 Å². The van der Waals surface area contributed by atoms with E-state index in [2.05, 4.69) is 21.2 Å². The molecular weight excluding hydrogens is 458 g/mol. The van der Waals surface area contributed by atoms with E-state index < -0.39 is 15.9 Å². The number of sulfonamides is 1. The molecule has 1 atom stereocenters. The zero-order valence-corrected chi connectivity index (χ0v) is 17.9. The van der Waals surface area contributed by atoms with Crippen LogP contribution in [0.25, 0.3) is 0 Å². The van der Waals surface area contributed by atoms with E-state index in [1.54, 1.807) is 35.2 Å². The van der Waals surface area contributed by atoms with Crippen molar-refractivity contribution in [3.63, 3.8) is 0 Å². The molecule has 0 spiro atoms. The van der Waals surface area contributed by atoms with Gasteiger partial charge < -0.3 is 10.2 Å². The lowest BCUT2D eigenvalue weighted by molar-refractivity contribution is -0.136. The summed E-state index contributed by atoms with van der Waals surface area (Å²) in [6, 6.07) is 13.9. The van der Waals surface area contributed by atoms with Gasteiger partial charge in [0.2, 0.25) is 21.8 Å². The van der Waals surface area contributed by atoms with Crippen LogP contribution in [-0.4, -0.2) is 55.6 Å². The maximum absolute atomic E-state index is 13.1. The van der Waals surface area contributed by atoms with Crippen molar-refractivity contribution in [2.45, 2.75) is 17.2 Å². The molecule has 1 saturated heterocycles. The largest absolute Gasteiger partial charge is 0.340 e. The first-order chi connectivity index (χ1) is 13.9. The molecule has 2 aromatic rings. The van der Waals surface area contributed by atoms with E-state index in [0.29, 0.717) is 23.2 Å². The lowest BCUT2D eigenvalue weighted by Gasteiger charge is -2.36. The van der Waals surface area contributed by atoms with Crippen LogP contribution in [0.1, 0.15) is 17.9 Å². The summed E-state index contributed by atoms with van der Waals surface area (Å²) in [7, 11) is -3.61. The summed E-state index contributed by atoms with van der Waals surface area (Å²) < 4.78 is 27.8. The molecule has 0 saturated carbocycles. The normalized spacial score (nSPS) is 20.1. The van der Waals surface area contributed by atoms with Gasteiger partial charge in [-0.25, -0.2) is 8.42 Å². The number of benzene rings is 2. The van der Waals surface area contributed by atoms with Crippen molar-refractivity contribution < 1.29 is 18.0 Å². The Balaban J connectivity index is 1.48. The van der Waals surface area contributed by atoms with E-state index in [4.69, 9.17) is 0 Å². The molecule has 2 aromatic carbocycles. The summed E-state index contributed by atoms with van der Waals surface area (Å²) in [5.74, 6) is -0.849. The average Bonchev–Trinajstić information content (AvgIpc) is 2.72. The number of carbonyl (C=O) groups excluding carboxylic acids is 2. The molecule has 1 N–H and O–H groups in total. The molecule has 0 bridgehead atoms. The maximum atomic E-state index is 13.1. The Kier molecular flexibility index (Phi) is 5.46. The molecule has 2 amide bonds. The van der Waals surface area contributed by atoms with Gasteiger partial charge in [-0.2, -0.15) is 4.31 Å².